The summed E-state index contributed by atoms with van der Waals surface area (Å²) >= 11 is 12.3. The molecule has 1 aliphatic heterocycles. The fourth-order valence-corrected chi connectivity index (χ4v) is 4.44. The second-order valence-corrected chi connectivity index (χ2v) is 8.84. The van der Waals surface area contributed by atoms with Crippen LogP contribution in [0.3, 0.4) is 0 Å². The van der Waals surface area contributed by atoms with Crippen LogP contribution in [0.4, 0.5) is 5.95 Å². The zero-order chi connectivity index (χ0) is 22.4. The Balaban J connectivity index is 1.86. The number of fused-ring (bicyclic) bond motifs is 1. The molecule has 0 amide bonds. The number of benzene rings is 2. The van der Waals surface area contributed by atoms with Gasteiger partial charge in [0.2, 0.25) is 5.95 Å². The third kappa shape index (κ3) is 3.56. The lowest BCUT2D eigenvalue weighted by molar-refractivity contribution is 0.658. The third-order valence-electron chi connectivity index (χ3n) is 5.94. The van der Waals surface area contributed by atoms with E-state index in [-0.39, 0.29) is 11.7 Å². The van der Waals surface area contributed by atoms with Crippen molar-refractivity contribution < 1.29 is 0 Å². The number of rotatable bonds is 4. The average molecular weight is 469 g/mol. The van der Waals surface area contributed by atoms with E-state index >= 15 is 0 Å². The molecule has 0 unspecified atom stereocenters. The predicted molar refractivity (Wildman–Crippen MR) is 129 cm³/mol. The number of anilines is 1. The van der Waals surface area contributed by atoms with Gasteiger partial charge in [-0.2, -0.15) is 0 Å². The molecule has 3 heterocycles. The summed E-state index contributed by atoms with van der Waals surface area (Å²) in [5.41, 5.74) is 3.57. The number of aryl methyl sites for hydroxylation is 1. The van der Waals surface area contributed by atoms with Crippen LogP contribution in [0.15, 0.2) is 53.3 Å². The molecule has 9 heteroatoms. The summed E-state index contributed by atoms with van der Waals surface area (Å²) < 4.78 is 2.95. The van der Waals surface area contributed by atoms with Gasteiger partial charge in [0.1, 0.15) is 0 Å². The summed E-state index contributed by atoms with van der Waals surface area (Å²) in [5.74, 6) is 0.564. The summed E-state index contributed by atoms with van der Waals surface area (Å²) in [6, 6.07) is 15.3. The summed E-state index contributed by atoms with van der Waals surface area (Å²) in [6.45, 7) is 1.77. The lowest BCUT2D eigenvalue weighted by atomic mass is 10.00. The molecular formula is C23H22Cl2N6O. The second kappa shape index (κ2) is 8.24. The SMILES string of the molecule is CN(c1nc(-c2ccc(Cl)cc2)c(-c2ccc(Cl)cc2)c2nn(C)c(=O)n12)[C@@H]1CCNC1. The van der Waals surface area contributed by atoms with Crippen molar-refractivity contribution >= 4 is 34.8 Å². The van der Waals surface area contributed by atoms with Gasteiger partial charge in [0.15, 0.2) is 5.65 Å². The Hall–Kier alpha value is -2.87. The zero-order valence-electron chi connectivity index (χ0n) is 17.7. The summed E-state index contributed by atoms with van der Waals surface area (Å²) in [5, 5.41) is 9.27. The first-order valence-corrected chi connectivity index (χ1v) is 11.1. The minimum Gasteiger partial charge on any atom is -0.341 e. The first kappa shape index (κ1) is 21.0. The molecule has 0 radical (unpaired) electrons. The van der Waals surface area contributed by atoms with E-state index in [1.165, 1.54) is 4.68 Å². The zero-order valence-corrected chi connectivity index (χ0v) is 19.2. The minimum absolute atomic E-state index is 0.234. The normalized spacial score (nSPS) is 16.1. The molecule has 1 atom stereocenters. The molecule has 2 aromatic heterocycles. The fourth-order valence-electron chi connectivity index (χ4n) is 4.19. The molecule has 164 valence electrons. The monoisotopic (exact) mass is 468 g/mol. The van der Waals surface area contributed by atoms with Crippen LogP contribution in [0.2, 0.25) is 10.0 Å². The average Bonchev–Trinajstić information content (AvgIpc) is 3.43. The first-order valence-electron chi connectivity index (χ1n) is 10.4. The van der Waals surface area contributed by atoms with E-state index in [4.69, 9.17) is 28.2 Å². The Kier molecular flexibility index (Phi) is 5.41. The van der Waals surface area contributed by atoms with Crippen molar-refractivity contribution in [3.63, 3.8) is 0 Å². The summed E-state index contributed by atoms with van der Waals surface area (Å²) in [7, 11) is 3.64. The number of likely N-dealkylation sites (N-methyl/N-ethyl adjacent to an activating group) is 1. The van der Waals surface area contributed by atoms with Gasteiger partial charge in [-0.3, -0.25) is 0 Å². The van der Waals surface area contributed by atoms with Crippen molar-refractivity contribution in [3.05, 3.63) is 69.1 Å². The highest BCUT2D eigenvalue weighted by atomic mass is 35.5. The molecule has 0 spiro atoms. The van der Waals surface area contributed by atoms with Crippen LogP contribution in [-0.4, -0.2) is 45.3 Å². The molecule has 1 aliphatic rings. The van der Waals surface area contributed by atoms with Crippen LogP contribution in [0.25, 0.3) is 28.0 Å². The van der Waals surface area contributed by atoms with Crippen LogP contribution in [0, 0.1) is 0 Å². The number of hydrogen-bond acceptors (Lipinski definition) is 5. The topological polar surface area (TPSA) is 67.5 Å². The van der Waals surface area contributed by atoms with Crippen molar-refractivity contribution in [1.29, 1.82) is 0 Å². The number of nitrogens with zero attached hydrogens (tertiary/aromatic N) is 5. The van der Waals surface area contributed by atoms with Gasteiger partial charge < -0.3 is 10.2 Å². The van der Waals surface area contributed by atoms with Gasteiger partial charge in [0, 0.05) is 42.3 Å². The number of nitrogens with one attached hydrogen (secondary N) is 1. The maximum absolute atomic E-state index is 13.1. The molecule has 4 aromatic rings. The molecule has 0 bridgehead atoms. The molecule has 5 rings (SSSR count). The Morgan fingerprint density at radius 2 is 1.66 bits per heavy atom. The second-order valence-electron chi connectivity index (χ2n) is 7.97. The maximum atomic E-state index is 13.1. The molecule has 32 heavy (non-hydrogen) atoms. The lowest BCUT2D eigenvalue weighted by Crippen LogP contribution is -2.37. The largest absolute Gasteiger partial charge is 0.352 e. The van der Waals surface area contributed by atoms with E-state index in [1.807, 2.05) is 55.6 Å². The van der Waals surface area contributed by atoms with E-state index in [1.54, 1.807) is 11.4 Å². The molecule has 1 N–H and O–H groups in total. The van der Waals surface area contributed by atoms with E-state index in [0.717, 1.165) is 41.9 Å². The Labute approximate surface area is 195 Å². The van der Waals surface area contributed by atoms with Crippen molar-refractivity contribution in [2.45, 2.75) is 12.5 Å². The Morgan fingerprint density at radius 3 is 2.25 bits per heavy atom. The first-order chi connectivity index (χ1) is 15.4. The fraction of sp³-hybridized carbons (Fsp3) is 0.261. The van der Waals surface area contributed by atoms with Gasteiger partial charge in [0.05, 0.1) is 11.3 Å². The third-order valence-corrected chi connectivity index (χ3v) is 6.45. The van der Waals surface area contributed by atoms with Gasteiger partial charge in [-0.15, -0.1) is 5.10 Å². The van der Waals surface area contributed by atoms with Crippen LogP contribution in [0.5, 0.6) is 0 Å². The molecular weight excluding hydrogens is 447 g/mol. The highest BCUT2D eigenvalue weighted by Gasteiger charge is 2.27. The Morgan fingerprint density at radius 1 is 1.03 bits per heavy atom. The van der Waals surface area contributed by atoms with Crippen LogP contribution in [0.1, 0.15) is 6.42 Å². The molecule has 1 fully saturated rings. The van der Waals surface area contributed by atoms with Crippen molar-refractivity contribution in [2.75, 3.05) is 25.0 Å². The van der Waals surface area contributed by atoms with E-state index < -0.39 is 0 Å². The van der Waals surface area contributed by atoms with Gasteiger partial charge in [-0.05, 0) is 42.8 Å². The Bertz CT molecular complexity index is 1340. The van der Waals surface area contributed by atoms with Crippen LogP contribution >= 0.6 is 23.2 Å². The van der Waals surface area contributed by atoms with Gasteiger partial charge in [0.25, 0.3) is 0 Å². The number of hydrogen-bond donors (Lipinski definition) is 1. The molecule has 1 saturated heterocycles. The predicted octanol–water partition coefficient (Wildman–Crippen LogP) is 3.87. The van der Waals surface area contributed by atoms with Crippen molar-refractivity contribution in [3.8, 4) is 22.4 Å². The maximum Gasteiger partial charge on any atom is 0.352 e. The van der Waals surface area contributed by atoms with Crippen LogP contribution < -0.4 is 15.9 Å². The molecule has 0 aliphatic carbocycles. The van der Waals surface area contributed by atoms with Crippen molar-refractivity contribution in [1.82, 2.24) is 24.5 Å². The van der Waals surface area contributed by atoms with Crippen LogP contribution in [-0.2, 0) is 7.05 Å². The minimum atomic E-state index is -0.238. The molecule has 2 aromatic carbocycles. The highest BCUT2D eigenvalue weighted by Crippen LogP contribution is 2.36. The highest BCUT2D eigenvalue weighted by molar-refractivity contribution is 6.31. The quantitative estimate of drug-likeness (QED) is 0.492. The number of halogens is 2. The summed E-state index contributed by atoms with van der Waals surface area (Å²) in [6.07, 6.45) is 0.976. The number of aromatic nitrogens is 4. The standard InChI is InChI=1S/C23H22Cl2N6O/c1-29(18-11-12-26-13-18)22-27-20(15-5-9-17(25)10-6-15)19(14-3-7-16(24)8-4-14)21-28-30(2)23(32)31(21)22/h3-10,18,26H,11-13H2,1-2H3/t18-/m1/s1. The summed E-state index contributed by atoms with van der Waals surface area (Å²) in [4.78, 5) is 20.3. The van der Waals surface area contributed by atoms with Crippen molar-refractivity contribution in [2.24, 2.45) is 7.05 Å². The smallest absolute Gasteiger partial charge is 0.341 e. The van der Waals surface area contributed by atoms with E-state index in [0.29, 0.717) is 21.6 Å². The van der Waals surface area contributed by atoms with E-state index in [2.05, 4.69) is 15.3 Å². The van der Waals surface area contributed by atoms with Gasteiger partial charge in [-0.1, -0.05) is 47.5 Å². The molecule has 0 saturated carbocycles. The van der Waals surface area contributed by atoms with E-state index in [9.17, 15) is 4.79 Å². The van der Waals surface area contributed by atoms with Gasteiger partial charge >= 0.3 is 5.69 Å². The van der Waals surface area contributed by atoms with Gasteiger partial charge in [-0.25, -0.2) is 18.9 Å². The molecule has 7 nitrogen and oxygen atoms in total. The lowest BCUT2D eigenvalue weighted by Gasteiger charge is -2.26.